The highest BCUT2D eigenvalue weighted by Gasteiger charge is 2.03. The summed E-state index contributed by atoms with van der Waals surface area (Å²) >= 11 is 0. The molecule has 0 rings (SSSR count). The van der Waals surface area contributed by atoms with Gasteiger partial charge in [-0.25, -0.2) is 9.59 Å². The summed E-state index contributed by atoms with van der Waals surface area (Å²) in [6.07, 6.45) is -0.193. The van der Waals surface area contributed by atoms with Gasteiger partial charge in [-0.05, 0) is 13.3 Å². The van der Waals surface area contributed by atoms with Crippen molar-refractivity contribution in [2.75, 3.05) is 13.2 Å². The predicted octanol–water partition coefficient (Wildman–Crippen LogP) is 0.838. The van der Waals surface area contributed by atoms with Crippen LogP contribution in [0.5, 0.6) is 0 Å². The van der Waals surface area contributed by atoms with Gasteiger partial charge < -0.3 is 10.1 Å². The third-order valence-corrected chi connectivity index (χ3v) is 1.32. The van der Waals surface area contributed by atoms with Gasteiger partial charge in [0.15, 0.2) is 0 Å². The predicted molar refractivity (Wildman–Crippen MR) is 54.4 cm³/mol. The monoisotopic (exact) mass is 214 g/mol. The molecule has 0 aliphatic heterocycles. The lowest BCUT2D eigenvalue weighted by Crippen LogP contribution is -2.24. The van der Waals surface area contributed by atoms with E-state index < -0.39 is 12.1 Å². The number of nitrogens with one attached hydrogen (secondary N) is 1. The fraction of sp³-hybridized carbons (Fsp3) is 0.444. The first-order chi connectivity index (χ1) is 7.07. The van der Waals surface area contributed by atoms with Gasteiger partial charge in [0.05, 0.1) is 6.61 Å². The van der Waals surface area contributed by atoms with Gasteiger partial charge in [-0.3, -0.25) is 4.84 Å². The molecule has 0 fully saturated rings. The number of nitrogens with zero attached hydrogens (tertiary/aromatic N) is 1. The van der Waals surface area contributed by atoms with E-state index in [4.69, 9.17) is 4.74 Å². The minimum Gasteiger partial charge on any atom is -0.462 e. The topological polar surface area (TPSA) is 77.0 Å². The Balaban J connectivity index is 3.39. The lowest BCUT2D eigenvalue weighted by atomic mass is 10.3. The summed E-state index contributed by atoms with van der Waals surface area (Å²) in [6.45, 7) is 8.51. The third-order valence-electron chi connectivity index (χ3n) is 1.32. The summed E-state index contributed by atoms with van der Waals surface area (Å²) < 4.78 is 4.78. The van der Waals surface area contributed by atoms with E-state index >= 15 is 0 Å². The second-order valence-corrected chi connectivity index (χ2v) is 2.70. The number of oxime groups is 1. The normalized spacial score (nSPS) is 8.87. The number of hydrogen-bond acceptors (Lipinski definition) is 5. The van der Waals surface area contributed by atoms with Crippen molar-refractivity contribution in [2.24, 2.45) is 5.16 Å². The Kier molecular flexibility index (Phi) is 6.61. The molecular formula is C9H14N2O4. The molecule has 15 heavy (non-hydrogen) atoms. The van der Waals surface area contributed by atoms with E-state index in [-0.39, 0.29) is 6.61 Å². The van der Waals surface area contributed by atoms with Crippen LogP contribution in [0.3, 0.4) is 0 Å². The maximum atomic E-state index is 10.9. The zero-order valence-corrected chi connectivity index (χ0v) is 8.62. The number of hydrogen-bond donors (Lipinski definition) is 1. The van der Waals surface area contributed by atoms with Crippen molar-refractivity contribution in [2.45, 2.75) is 13.3 Å². The van der Waals surface area contributed by atoms with Crippen LogP contribution in [0.25, 0.3) is 0 Å². The lowest BCUT2D eigenvalue weighted by molar-refractivity contribution is -0.138. The second kappa shape index (κ2) is 7.54. The summed E-state index contributed by atoms with van der Waals surface area (Å²) in [5, 5.41) is 5.30. The largest absolute Gasteiger partial charge is 0.462 e. The molecule has 0 bridgehead atoms. The van der Waals surface area contributed by atoms with Gasteiger partial charge in [-0.15, -0.1) is 0 Å². The van der Waals surface area contributed by atoms with Gasteiger partial charge in [0, 0.05) is 18.8 Å². The molecular weight excluding hydrogens is 200 g/mol. The van der Waals surface area contributed by atoms with Crippen LogP contribution in [-0.4, -0.2) is 31.9 Å². The molecule has 0 aromatic carbocycles. The van der Waals surface area contributed by atoms with Crippen LogP contribution < -0.4 is 5.32 Å². The molecule has 0 spiro atoms. The summed E-state index contributed by atoms with van der Waals surface area (Å²) in [5.41, 5.74) is 0.346. The van der Waals surface area contributed by atoms with Crippen LogP contribution in [0.15, 0.2) is 17.3 Å². The van der Waals surface area contributed by atoms with Crippen LogP contribution in [0.1, 0.15) is 13.3 Å². The number of esters is 1. The van der Waals surface area contributed by atoms with E-state index in [2.05, 4.69) is 28.6 Å². The molecule has 0 unspecified atom stereocenters. The van der Waals surface area contributed by atoms with Crippen molar-refractivity contribution in [3.05, 3.63) is 12.2 Å². The fourth-order valence-corrected chi connectivity index (χ4v) is 0.642. The first-order valence-electron chi connectivity index (χ1n) is 4.31. The van der Waals surface area contributed by atoms with E-state index in [1.54, 1.807) is 6.92 Å². The Bertz CT molecular complexity index is 263. The minimum atomic E-state index is -0.684. The number of rotatable bonds is 6. The average molecular weight is 214 g/mol. The molecule has 0 aromatic heterocycles. The minimum absolute atomic E-state index is 0.216. The van der Waals surface area contributed by atoms with Crippen molar-refractivity contribution >= 4 is 18.8 Å². The van der Waals surface area contributed by atoms with Crippen molar-refractivity contribution in [1.82, 2.24) is 5.32 Å². The number of carbonyl (C=O) groups excluding carboxylic acids is 2. The Labute approximate surface area is 87.9 Å². The van der Waals surface area contributed by atoms with Gasteiger partial charge in [-0.2, -0.15) is 0 Å². The summed E-state index contributed by atoms with van der Waals surface area (Å²) in [5.74, 6) is -0.440. The molecule has 1 amide bonds. The van der Waals surface area contributed by atoms with Crippen LogP contribution in [0.2, 0.25) is 0 Å². The van der Waals surface area contributed by atoms with E-state index in [1.165, 1.54) is 0 Å². The Morgan fingerprint density at radius 1 is 1.47 bits per heavy atom. The summed E-state index contributed by atoms with van der Waals surface area (Å²) in [4.78, 5) is 25.7. The van der Waals surface area contributed by atoms with Crippen LogP contribution in [0, 0.1) is 0 Å². The highest BCUT2D eigenvalue weighted by Crippen LogP contribution is 1.92. The van der Waals surface area contributed by atoms with E-state index in [1.807, 2.05) is 0 Å². The molecule has 84 valence electrons. The number of carbonyl (C=O) groups is 2. The van der Waals surface area contributed by atoms with Crippen molar-refractivity contribution in [3.8, 4) is 0 Å². The van der Waals surface area contributed by atoms with Gasteiger partial charge in [-0.1, -0.05) is 11.7 Å². The Hall–Kier alpha value is -1.85. The van der Waals surface area contributed by atoms with Gasteiger partial charge in [0.1, 0.15) is 0 Å². The fourth-order valence-electron chi connectivity index (χ4n) is 0.642. The summed E-state index contributed by atoms with van der Waals surface area (Å²) in [7, 11) is 0. The summed E-state index contributed by atoms with van der Waals surface area (Å²) in [6, 6.07) is 0. The molecule has 6 nitrogen and oxygen atoms in total. The molecule has 0 radical (unpaired) electrons. The first kappa shape index (κ1) is 13.2. The van der Waals surface area contributed by atoms with Gasteiger partial charge in [0.2, 0.25) is 0 Å². The quantitative estimate of drug-likeness (QED) is 0.177. The SMILES string of the molecule is C=NOC(=O)NCCCOC(=O)C(=C)C. The second-order valence-electron chi connectivity index (χ2n) is 2.70. The van der Waals surface area contributed by atoms with E-state index in [9.17, 15) is 9.59 Å². The molecule has 1 N–H and O–H groups in total. The van der Waals surface area contributed by atoms with Crippen LogP contribution in [-0.2, 0) is 14.4 Å². The molecule has 0 aromatic rings. The zero-order chi connectivity index (χ0) is 11.7. The molecule has 0 aliphatic carbocycles. The standard InChI is InChI=1S/C9H14N2O4/c1-7(2)8(12)14-6-4-5-11-9(13)15-10-3/h1,3-6H2,2H3,(H,11,13). The molecule has 0 saturated heterocycles. The van der Waals surface area contributed by atoms with Gasteiger partial charge in [0.25, 0.3) is 0 Å². The van der Waals surface area contributed by atoms with E-state index in [0.29, 0.717) is 18.5 Å². The van der Waals surface area contributed by atoms with Crippen LogP contribution in [0.4, 0.5) is 4.79 Å². The Morgan fingerprint density at radius 3 is 2.67 bits per heavy atom. The lowest BCUT2D eigenvalue weighted by Gasteiger charge is -2.04. The molecule has 0 saturated carbocycles. The first-order valence-corrected chi connectivity index (χ1v) is 4.31. The van der Waals surface area contributed by atoms with Gasteiger partial charge >= 0.3 is 12.1 Å². The van der Waals surface area contributed by atoms with Crippen molar-refractivity contribution in [1.29, 1.82) is 0 Å². The molecule has 0 heterocycles. The number of ether oxygens (including phenoxy) is 1. The smallest absolute Gasteiger partial charge is 0.433 e. The van der Waals surface area contributed by atoms with Crippen molar-refractivity contribution in [3.63, 3.8) is 0 Å². The highest BCUT2D eigenvalue weighted by atomic mass is 16.7. The third kappa shape index (κ3) is 7.24. The van der Waals surface area contributed by atoms with E-state index in [0.717, 1.165) is 0 Å². The average Bonchev–Trinajstić information content (AvgIpc) is 2.17. The Morgan fingerprint density at radius 2 is 2.13 bits per heavy atom. The maximum absolute atomic E-state index is 10.9. The molecule has 6 heteroatoms. The maximum Gasteiger partial charge on any atom is 0.433 e. The highest BCUT2D eigenvalue weighted by molar-refractivity contribution is 5.86. The van der Waals surface area contributed by atoms with Crippen LogP contribution >= 0.6 is 0 Å². The number of amides is 1. The van der Waals surface area contributed by atoms with Crippen molar-refractivity contribution < 1.29 is 19.2 Å². The zero-order valence-electron chi connectivity index (χ0n) is 8.62. The molecule has 0 atom stereocenters. The molecule has 0 aliphatic rings.